The van der Waals surface area contributed by atoms with E-state index >= 15 is 0 Å². The molecule has 2 aliphatic rings. The van der Waals surface area contributed by atoms with Crippen LogP contribution < -0.4 is 26.7 Å². The van der Waals surface area contributed by atoms with Gasteiger partial charge < -0.3 is 29.6 Å². The molecule has 0 spiro atoms. The second kappa shape index (κ2) is 11.3. The molecule has 11 heteroatoms. The number of aliphatic hydroxyl groups excluding tert-OH is 1. The molecule has 0 saturated carbocycles. The van der Waals surface area contributed by atoms with E-state index in [1.165, 1.54) is 20.4 Å². The van der Waals surface area contributed by atoms with Crippen molar-refractivity contribution < 1.29 is 5.11 Å². The SMILES string of the molecule is C[C@H]1CNC[C@H](C)N1c1ccc(Nc2cc(-c3ccnc(-n4ccn5c6c(cc5c4=O)CC(C)(C)C6)c3CO)cn(C)c2=O)nc1. The highest BCUT2D eigenvalue weighted by molar-refractivity contribution is 5.73. The van der Waals surface area contributed by atoms with Crippen molar-refractivity contribution in [3.63, 3.8) is 0 Å². The van der Waals surface area contributed by atoms with Gasteiger partial charge in [0.2, 0.25) is 0 Å². The number of hydrogen-bond acceptors (Lipinski definition) is 8. The standard InChI is InChI=1S/C35H40N8O3/c1-21-16-36-17-22(2)43(21)25-6-7-31(38-18-25)39-28-12-24(19-40(5)33(28)45)26-8-9-37-32(27(26)20-44)42-11-10-41-29(34(42)46)13-23-14-35(3,4)15-30(23)41/h6-13,18-19,21-22,36,44H,14-17,20H2,1-5H3,(H,38,39)/t21-,22-/m0/s1. The van der Waals surface area contributed by atoms with E-state index in [1.54, 1.807) is 37.8 Å². The van der Waals surface area contributed by atoms with Gasteiger partial charge in [-0.2, -0.15) is 0 Å². The maximum absolute atomic E-state index is 13.8. The summed E-state index contributed by atoms with van der Waals surface area (Å²) >= 11 is 0. The van der Waals surface area contributed by atoms with E-state index in [1.807, 2.05) is 35.0 Å². The lowest BCUT2D eigenvalue weighted by Crippen LogP contribution is -2.55. The fraction of sp³-hybridized carbons (Fsp3) is 0.371. The van der Waals surface area contributed by atoms with Gasteiger partial charge >= 0.3 is 0 Å². The van der Waals surface area contributed by atoms with Crippen LogP contribution in [0.1, 0.15) is 44.5 Å². The van der Waals surface area contributed by atoms with Gasteiger partial charge in [0.25, 0.3) is 11.1 Å². The molecule has 0 amide bonds. The van der Waals surface area contributed by atoms with Gasteiger partial charge in [-0.25, -0.2) is 9.97 Å². The molecule has 3 N–H and O–H groups in total. The van der Waals surface area contributed by atoms with E-state index < -0.39 is 0 Å². The molecule has 46 heavy (non-hydrogen) atoms. The Morgan fingerprint density at radius 2 is 1.80 bits per heavy atom. The molecule has 2 atom stereocenters. The number of nitrogens with zero attached hydrogens (tertiary/aromatic N) is 6. The number of aryl methyl sites for hydroxylation is 1. The van der Waals surface area contributed by atoms with E-state index in [9.17, 15) is 14.7 Å². The molecule has 7 rings (SSSR count). The summed E-state index contributed by atoms with van der Waals surface area (Å²) in [6.07, 6.45) is 10.6. The fourth-order valence-electron chi connectivity index (χ4n) is 7.28. The number of rotatable bonds is 6. The van der Waals surface area contributed by atoms with Gasteiger partial charge in [-0.15, -0.1) is 0 Å². The number of nitrogens with one attached hydrogen (secondary N) is 2. The minimum atomic E-state index is -0.348. The van der Waals surface area contributed by atoms with E-state index in [-0.39, 0.29) is 23.1 Å². The average Bonchev–Trinajstić information content (AvgIpc) is 3.52. The first-order chi connectivity index (χ1) is 22.0. The van der Waals surface area contributed by atoms with Gasteiger partial charge in [-0.1, -0.05) is 13.8 Å². The van der Waals surface area contributed by atoms with Crippen LogP contribution in [-0.2, 0) is 26.5 Å². The number of aromatic nitrogens is 5. The largest absolute Gasteiger partial charge is 0.392 e. The Morgan fingerprint density at radius 1 is 1.02 bits per heavy atom. The number of pyridine rings is 3. The van der Waals surface area contributed by atoms with Crippen molar-refractivity contribution in [3.05, 3.63) is 98.8 Å². The monoisotopic (exact) mass is 620 g/mol. The molecule has 0 bridgehead atoms. The minimum Gasteiger partial charge on any atom is -0.392 e. The summed E-state index contributed by atoms with van der Waals surface area (Å²) < 4.78 is 4.98. The normalized spacial score (nSPS) is 19.0. The molecular weight excluding hydrogens is 580 g/mol. The molecule has 1 fully saturated rings. The highest BCUT2D eigenvalue weighted by atomic mass is 16.3. The zero-order chi connectivity index (χ0) is 32.3. The fourth-order valence-corrected chi connectivity index (χ4v) is 7.28. The third-order valence-electron chi connectivity index (χ3n) is 9.40. The molecule has 0 unspecified atom stereocenters. The Hall–Kier alpha value is -4.74. The first-order valence-electron chi connectivity index (χ1n) is 15.8. The summed E-state index contributed by atoms with van der Waals surface area (Å²) in [5, 5.41) is 17.3. The third kappa shape index (κ3) is 5.09. The molecule has 5 aromatic rings. The Bertz CT molecular complexity index is 2070. The molecule has 0 radical (unpaired) electrons. The number of fused-ring (bicyclic) bond motifs is 3. The second-order valence-corrected chi connectivity index (χ2v) is 13.5. The highest BCUT2D eigenvalue weighted by Crippen LogP contribution is 2.37. The Kier molecular flexibility index (Phi) is 7.32. The predicted octanol–water partition coefficient (Wildman–Crippen LogP) is 3.79. The molecule has 238 valence electrons. The maximum Gasteiger partial charge on any atom is 0.280 e. The van der Waals surface area contributed by atoms with Crippen molar-refractivity contribution in [3.8, 4) is 16.9 Å². The molecule has 6 heterocycles. The van der Waals surface area contributed by atoms with Crippen LogP contribution in [-0.4, -0.2) is 53.8 Å². The number of anilines is 3. The van der Waals surface area contributed by atoms with E-state index in [0.717, 1.165) is 31.6 Å². The van der Waals surface area contributed by atoms with Gasteiger partial charge in [-0.3, -0.25) is 14.2 Å². The summed E-state index contributed by atoms with van der Waals surface area (Å²) in [6, 6.07) is 10.1. The van der Waals surface area contributed by atoms with Crippen molar-refractivity contribution in [1.82, 2.24) is 28.8 Å². The first kappa shape index (κ1) is 29.9. The summed E-state index contributed by atoms with van der Waals surface area (Å²) in [4.78, 5) is 38.5. The Labute approximate surface area is 267 Å². The van der Waals surface area contributed by atoms with Gasteiger partial charge in [0, 0.05) is 73.8 Å². The summed E-state index contributed by atoms with van der Waals surface area (Å²) in [7, 11) is 1.69. The summed E-state index contributed by atoms with van der Waals surface area (Å²) in [5.41, 5.74) is 5.95. The first-order valence-corrected chi connectivity index (χ1v) is 15.8. The average molecular weight is 621 g/mol. The molecule has 11 nitrogen and oxygen atoms in total. The summed E-state index contributed by atoms with van der Waals surface area (Å²) in [6.45, 7) is 10.3. The Balaban J connectivity index is 1.23. The summed E-state index contributed by atoms with van der Waals surface area (Å²) in [5.74, 6) is 0.903. The lowest BCUT2D eigenvalue weighted by molar-refractivity contribution is 0.281. The highest BCUT2D eigenvalue weighted by Gasteiger charge is 2.32. The van der Waals surface area contributed by atoms with Gasteiger partial charge in [0.15, 0.2) is 0 Å². The third-order valence-corrected chi connectivity index (χ3v) is 9.40. The van der Waals surface area contributed by atoms with Gasteiger partial charge in [-0.05, 0) is 73.6 Å². The number of piperazine rings is 1. The van der Waals surface area contributed by atoms with Crippen LogP contribution in [0.15, 0.2) is 70.9 Å². The lowest BCUT2D eigenvalue weighted by Gasteiger charge is -2.41. The molecule has 1 aliphatic heterocycles. The van der Waals surface area contributed by atoms with Gasteiger partial charge in [0.05, 0.1) is 18.5 Å². The minimum absolute atomic E-state index is 0.173. The lowest BCUT2D eigenvalue weighted by atomic mass is 9.90. The zero-order valence-corrected chi connectivity index (χ0v) is 26.9. The van der Waals surface area contributed by atoms with Crippen LogP contribution in [0.25, 0.3) is 22.5 Å². The maximum atomic E-state index is 13.8. The molecule has 5 aromatic heterocycles. The second-order valence-electron chi connectivity index (χ2n) is 13.5. The van der Waals surface area contributed by atoms with Crippen LogP contribution in [0.5, 0.6) is 0 Å². The quantitative estimate of drug-likeness (QED) is 0.262. The van der Waals surface area contributed by atoms with Crippen LogP contribution in [0.4, 0.5) is 17.2 Å². The molecule has 0 aromatic carbocycles. The predicted molar refractivity (Wildman–Crippen MR) is 180 cm³/mol. The van der Waals surface area contributed by atoms with Crippen LogP contribution in [0, 0.1) is 5.41 Å². The number of aliphatic hydroxyl groups is 1. The number of hydrogen-bond donors (Lipinski definition) is 3. The van der Waals surface area contributed by atoms with Crippen molar-refractivity contribution in [2.24, 2.45) is 12.5 Å². The van der Waals surface area contributed by atoms with Crippen molar-refractivity contribution in [1.29, 1.82) is 0 Å². The van der Waals surface area contributed by atoms with Crippen LogP contribution in [0.3, 0.4) is 0 Å². The van der Waals surface area contributed by atoms with Crippen molar-refractivity contribution in [2.45, 2.75) is 59.2 Å². The van der Waals surface area contributed by atoms with Crippen molar-refractivity contribution in [2.75, 3.05) is 23.3 Å². The molecule has 1 aliphatic carbocycles. The van der Waals surface area contributed by atoms with E-state index in [2.05, 4.69) is 53.2 Å². The molecule has 1 saturated heterocycles. The van der Waals surface area contributed by atoms with Crippen LogP contribution in [0.2, 0.25) is 0 Å². The van der Waals surface area contributed by atoms with Crippen LogP contribution >= 0.6 is 0 Å². The van der Waals surface area contributed by atoms with E-state index in [4.69, 9.17) is 0 Å². The van der Waals surface area contributed by atoms with Gasteiger partial charge in [0.1, 0.15) is 22.8 Å². The zero-order valence-electron chi connectivity index (χ0n) is 26.9. The topological polar surface area (TPSA) is 122 Å². The molecular formula is C35H40N8O3. The smallest absolute Gasteiger partial charge is 0.280 e. The Morgan fingerprint density at radius 3 is 2.52 bits per heavy atom. The van der Waals surface area contributed by atoms with E-state index in [0.29, 0.717) is 51.6 Å². The van der Waals surface area contributed by atoms with Crippen molar-refractivity contribution >= 4 is 22.7 Å².